The molecule has 98 valence electrons. The first-order chi connectivity index (χ1) is 9.16. The van der Waals surface area contributed by atoms with E-state index in [2.05, 4.69) is 10.3 Å². The zero-order chi connectivity index (χ0) is 13.7. The second-order valence-electron chi connectivity index (χ2n) is 4.12. The molecule has 0 unspecified atom stereocenters. The van der Waals surface area contributed by atoms with Gasteiger partial charge in [0.05, 0.1) is 11.9 Å². The number of urea groups is 1. The number of pyridine rings is 1. The third kappa shape index (κ3) is 3.51. The summed E-state index contributed by atoms with van der Waals surface area (Å²) in [6, 6.07) is 9.55. The first-order valence-electron chi connectivity index (χ1n) is 5.82. The van der Waals surface area contributed by atoms with Crippen molar-refractivity contribution in [2.75, 3.05) is 12.4 Å². The Kier molecular flexibility index (Phi) is 4.07. The Balaban J connectivity index is 1.98. The number of hydrogen-bond donors (Lipinski definition) is 1. The van der Waals surface area contributed by atoms with E-state index in [1.54, 1.807) is 49.8 Å². The first kappa shape index (κ1) is 13.0. The number of rotatable bonds is 3. The lowest BCUT2D eigenvalue weighted by Crippen LogP contribution is -2.31. The fourth-order valence-electron chi connectivity index (χ4n) is 1.61. The van der Waals surface area contributed by atoms with E-state index < -0.39 is 0 Å². The zero-order valence-corrected chi connectivity index (χ0v) is 10.5. The lowest BCUT2D eigenvalue weighted by atomic mass is 10.2. The van der Waals surface area contributed by atoms with Crippen molar-refractivity contribution in [1.82, 2.24) is 9.88 Å². The van der Waals surface area contributed by atoms with Crippen LogP contribution in [0.2, 0.25) is 0 Å². The molecule has 19 heavy (non-hydrogen) atoms. The average molecular weight is 259 g/mol. The molecule has 0 aliphatic carbocycles. The molecule has 2 rings (SSSR count). The Morgan fingerprint density at radius 2 is 2.11 bits per heavy atom. The number of nitrogens with zero attached hydrogens (tertiary/aromatic N) is 2. The summed E-state index contributed by atoms with van der Waals surface area (Å²) in [7, 11) is 1.61. The smallest absolute Gasteiger partial charge is 0.321 e. The summed E-state index contributed by atoms with van der Waals surface area (Å²) < 4.78 is 13.5. The molecular formula is C14H14FN3O. The van der Waals surface area contributed by atoms with Gasteiger partial charge in [-0.2, -0.15) is 0 Å². The summed E-state index contributed by atoms with van der Waals surface area (Å²) in [6.07, 6.45) is 3.17. The Labute approximate surface area is 110 Å². The van der Waals surface area contributed by atoms with Crippen LogP contribution in [0.25, 0.3) is 0 Å². The number of carbonyl (C=O) groups is 1. The third-order valence-corrected chi connectivity index (χ3v) is 2.62. The van der Waals surface area contributed by atoms with E-state index in [1.807, 2.05) is 0 Å². The van der Waals surface area contributed by atoms with Gasteiger partial charge in [-0.1, -0.05) is 18.2 Å². The van der Waals surface area contributed by atoms with Crippen LogP contribution in [0.15, 0.2) is 48.8 Å². The maximum Gasteiger partial charge on any atom is 0.321 e. The molecule has 0 spiro atoms. The largest absolute Gasteiger partial charge is 0.323 e. The van der Waals surface area contributed by atoms with E-state index in [1.165, 1.54) is 11.0 Å². The summed E-state index contributed by atoms with van der Waals surface area (Å²) in [5.74, 6) is -0.316. The molecule has 1 heterocycles. The highest BCUT2D eigenvalue weighted by Gasteiger charge is 2.11. The van der Waals surface area contributed by atoms with Gasteiger partial charge in [0, 0.05) is 25.4 Å². The highest BCUT2D eigenvalue weighted by atomic mass is 19.1. The van der Waals surface area contributed by atoms with Gasteiger partial charge in [0.15, 0.2) is 0 Å². The molecule has 2 aromatic rings. The van der Waals surface area contributed by atoms with E-state index in [0.29, 0.717) is 11.3 Å². The van der Waals surface area contributed by atoms with Crippen molar-refractivity contribution in [1.29, 1.82) is 0 Å². The van der Waals surface area contributed by atoms with E-state index in [0.717, 1.165) is 0 Å². The Morgan fingerprint density at radius 3 is 2.79 bits per heavy atom. The second kappa shape index (κ2) is 5.95. The molecule has 0 aliphatic rings. The fourth-order valence-corrected chi connectivity index (χ4v) is 1.61. The summed E-state index contributed by atoms with van der Waals surface area (Å²) in [5.41, 5.74) is 1.08. The number of anilines is 1. The molecule has 0 aliphatic heterocycles. The number of hydrogen-bond acceptors (Lipinski definition) is 2. The van der Waals surface area contributed by atoms with Crippen molar-refractivity contribution in [3.63, 3.8) is 0 Å². The van der Waals surface area contributed by atoms with Gasteiger partial charge >= 0.3 is 6.03 Å². The summed E-state index contributed by atoms with van der Waals surface area (Å²) in [6.45, 7) is 0.207. The van der Waals surface area contributed by atoms with Gasteiger partial charge in [-0.25, -0.2) is 9.18 Å². The van der Waals surface area contributed by atoms with Gasteiger partial charge < -0.3 is 10.2 Å². The molecule has 0 radical (unpaired) electrons. The third-order valence-electron chi connectivity index (χ3n) is 2.62. The summed E-state index contributed by atoms with van der Waals surface area (Å²) in [4.78, 5) is 17.2. The van der Waals surface area contributed by atoms with Gasteiger partial charge in [-0.3, -0.25) is 4.98 Å². The molecular weight excluding hydrogens is 245 g/mol. The molecule has 1 aromatic carbocycles. The van der Waals surface area contributed by atoms with Crippen LogP contribution in [0.5, 0.6) is 0 Å². The van der Waals surface area contributed by atoms with Gasteiger partial charge in [0.25, 0.3) is 0 Å². The molecule has 0 saturated heterocycles. The number of carbonyl (C=O) groups excluding carboxylic acids is 1. The van der Waals surface area contributed by atoms with Crippen molar-refractivity contribution >= 4 is 11.7 Å². The van der Waals surface area contributed by atoms with Crippen LogP contribution >= 0.6 is 0 Å². The number of benzene rings is 1. The van der Waals surface area contributed by atoms with Crippen LogP contribution in [0.4, 0.5) is 14.9 Å². The van der Waals surface area contributed by atoms with Crippen molar-refractivity contribution in [3.05, 3.63) is 60.2 Å². The molecule has 0 fully saturated rings. The van der Waals surface area contributed by atoms with Crippen LogP contribution in [0.3, 0.4) is 0 Å². The van der Waals surface area contributed by atoms with Gasteiger partial charge in [0.1, 0.15) is 5.82 Å². The van der Waals surface area contributed by atoms with Crippen LogP contribution in [0, 0.1) is 5.82 Å². The van der Waals surface area contributed by atoms with E-state index in [-0.39, 0.29) is 18.4 Å². The summed E-state index contributed by atoms with van der Waals surface area (Å²) >= 11 is 0. The normalized spacial score (nSPS) is 10.0. The quantitative estimate of drug-likeness (QED) is 0.921. The Hall–Kier alpha value is -2.43. The maximum absolute atomic E-state index is 13.5. The molecule has 1 N–H and O–H groups in total. The first-order valence-corrected chi connectivity index (χ1v) is 5.82. The van der Waals surface area contributed by atoms with Gasteiger partial charge in [0.2, 0.25) is 0 Å². The van der Waals surface area contributed by atoms with Crippen molar-refractivity contribution in [2.24, 2.45) is 0 Å². The predicted molar refractivity (Wildman–Crippen MR) is 71.1 cm³/mol. The van der Waals surface area contributed by atoms with Crippen molar-refractivity contribution in [3.8, 4) is 0 Å². The molecule has 4 nitrogen and oxygen atoms in total. The highest BCUT2D eigenvalue weighted by molar-refractivity contribution is 5.88. The average Bonchev–Trinajstić information content (AvgIpc) is 2.42. The molecule has 1 aromatic heterocycles. The van der Waals surface area contributed by atoms with Crippen LogP contribution in [-0.2, 0) is 6.54 Å². The number of nitrogens with one attached hydrogen (secondary N) is 1. The van der Waals surface area contributed by atoms with Gasteiger partial charge in [-0.05, 0) is 18.2 Å². The monoisotopic (exact) mass is 259 g/mol. The minimum atomic E-state index is -0.316. The van der Waals surface area contributed by atoms with E-state index in [9.17, 15) is 9.18 Å². The minimum Gasteiger partial charge on any atom is -0.323 e. The van der Waals surface area contributed by atoms with E-state index >= 15 is 0 Å². The molecule has 5 heteroatoms. The molecule has 0 bridgehead atoms. The van der Waals surface area contributed by atoms with Crippen LogP contribution in [0.1, 0.15) is 5.56 Å². The maximum atomic E-state index is 13.5. The fraction of sp³-hybridized carbons (Fsp3) is 0.143. The Morgan fingerprint density at radius 1 is 1.32 bits per heavy atom. The van der Waals surface area contributed by atoms with Crippen molar-refractivity contribution in [2.45, 2.75) is 6.54 Å². The lowest BCUT2D eigenvalue weighted by molar-refractivity contribution is 0.220. The minimum absolute atomic E-state index is 0.207. The van der Waals surface area contributed by atoms with Crippen LogP contribution in [-0.4, -0.2) is 23.0 Å². The highest BCUT2D eigenvalue weighted by Crippen LogP contribution is 2.10. The molecule has 0 saturated carbocycles. The standard InChI is InChI=1S/C14H14FN3O/c1-18(10-11-5-2-3-7-13(11)15)14(19)17-12-6-4-8-16-9-12/h2-9H,10H2,1H3,(H,17,19). The second-order valence-corrected chi connectivity index (χ2v) is 4.12. The molecule has 2 amide bonds. The topological polar surface area (TPSA) is 45.2 Å². The summed E-state index contributed by atoms with van der Waals surface area (Å²) in [5, 5.41) is 2.68. The Bertz CT molecular complexity index is 560. The lowest BCUT2D eigenvalue weighted by Gasteiger charge is -2.18. The zero-order valence-electron chi connectivity index (χ0n) is 10.5. The van der Waals surface area contributed by atoms with Crippen LogP contribution < -0.4 is 5.32 Å². The SMILES string of the molecule is CN(Cc1ccccc1F)C(=O)Nc1cccnc1. The number of aromatic nitrogens is 1. The molecule has 0 atom stereocenters. The number of amides is 2. The van der Waals surface area contributed by atoms with E-state index in [4.69, 9.17) is 0 Å². The van der Waals surface area contributed by atoms with Crippen molar-refractivity contribution < 1.29 is 9.18 Å². The number of halogens is 1. The predicted octanol–water partition coefficient (Wildman–Crippen LogP) is 2.88. The van der Waals surface area contributed by atoms with Gasteiger partial charge in [-0.15, -0.1) is 0 Å².